The average molecular weight is 245 g/mol. The molecule has 96 valence electrons. The summed E-state index contributed by atoms with van der Waals surface area (Å²) in [6, 6.07) is 5.85. The Kier molecular flexibility index (Phi) is 3.41. The third-order valence-corrected chi connectivity index (χ3v) is 3.22. The number of Topliss-reactive ketones (excluding diaryl/α,β-unsaturated/α-hetero) is 1. The number of aryl methyl sites for hydroxylation is 1. The van der Waals surface area contributed by atoms with Gasteiger partial charge in [0.15, 0.2) is 5.78 Å². The quantitative estimate of drug-likeness (QED) is 0.831. The number of nitrogens with one attached hydrogen (secondary N) is 1. The van der Waals surface area contributed by atoms with E-state index >= 15 is 0 Å². The molecule has 1 aromatic carbocycles. The number of aromatic nitrogens is 1. The molecule has 0 fully saturated rings. The van der Waals surface area contributed by atoms with Crippen molar-refractivity contribution < 1.29 is 9.53 Å². The summed E-state index contributed by atoms with van der Waals surface area (Å²) in [7, 11) is 0. The summed E-state index contributed by atoms with van der Waals surface area (Å²) in [5.74, 6) is 0.901. The van der Waals surface area contributed by atoms with Crippen LogP contribution in [0.3, 0.4) is 0 Å². The molecule has 0 saturated carbocycles. The molecule has 0 unspecified atom stereocenters. The van der Waals surface area contributed by atoms with E-state index in [1.54, 1.807) is 6.92 Å². The van der Waals surface area contributed by atoms with Crippen LogP contribution in [0.5, 0.6) is 5.75 Å². The van der Waals surface area contributed by atoms with Gasteiger partial charge in [0.05, 0.1) is 6.10 Å². The highest BCUT2D eigenvalue weighted by atomic mass is 16.5. The zero-order valence-corrected chi connectivity index (χ0v) is 11.3. The Labute approximate surface area is 107 Å². The Hall–Kier alpha value is -1.77. The first-order valence-electron chi connectivity index (χ1n) is 6.32. The minimum atomic E-state index is 0.0828. The fourth-order valence-corrected chi connectivity index (χ4v) is 2.15. The van der Waals surface area contributed by atoms with E-state index in [1.807, 2.05) is 32.0 Å². The van der Waals surface area contributed by atoms with Crippen molar-refractivity contribution in [3.05, 3.63) is 29.5 Å². The van der Waals surface area contributed by atoms with Crippen molar-refractivity contribution in [2.45, 2.75) is 40.2 Å². The predicted octanol–water partition coefficient (Wildman–Crippen LogP) is 3.86. The summed E-state index contributed by atoms with van der Waals surface area (Å²) < 4.78 is 5.79. The summed E-state index contributed by atoms with van der Waals surface area (Å²) in [5, 5.41) is 0.945. The molecule has 0 bridgehead atoms. The number of benzene rings is 1. The Morgan fingerprint density at radius 2 is 2.17 bits per heavy atom. The van der Waals surface area contributed by atoms with E-state index in [1.165, 1.54) is 0 Å². The molecule has 1 heterocycles. The molecule has 0 aliphatic rings. The zero-order chi connectivity index (χ0) is 13.3. The van der Waals surface area contributed by atoms with Crippen molar-refractivity contribution in [1.82, 2.24) is 4.98 Å². The number of rotatable bonds is 4. The van der Waals surface area contributed by atoms with Crippen LogP contribution in [-0.2, 0) is 0 Å². The van der Waals surface area contributed by atoms with Crippen molar-refractivity contribution in [1.29, 1.82) is 0 Å². The van der Waals surface area contributed by atoms with Crippen LogP contribution in [-0.4, -0.2) is 16.9 Å². The Bertz CT molecular complexity index is 583. The predicted molar refractivity (Wildman–Crippen MR) is 73.4 cm³/mol. The maximum atomic E-state index is 11.7. The van der Waals surface area contributed by atoms with E-state index in [0.29, 0.717) is 0 Å². The summed E-state index contributed by atoms with van der Waals surface area (Å²) in [5.41, 5.74) is 2.66. The van der Waals surface area contributed by atoms with Crippen LogP contribution in [0.25, 0.3) is 10.9 Å². The number of hydrogen-bond acceptors (Lipinski definition) is 2. The van der Waals surface area contributed by atoms with Crippen LogP contribution >= 0.6 is 0 Å². The molecule has 1 N–H and O–H groups in total. The van der Waals surface area contributed by atoms with Gasteiger partial charge in [0.1, 0.15) is 5.75 Å². The Morgan fingerprint density at radius 1 is 1.44 bits per heavy atom. The number of carbonyl (C=O) groups excluding carboxylic acids is 1. The molecule has 0 amide bonds. The monoisotopic (exact) mass is 245 g/mol. The van der Waals surface area contributed by atoms with Crippen molar-refractivity contribution in [3.63, 3.8) is 0 Å². The summed E-state index contributed by atoms with van der Waals surface area (Å²) in [4.78, 5) is 14.9. The normalized spacial score (nSPS) is 12.7. The minimum absolute atomic E-state index is 0.0828. The number of H-pyrrole nitrogens is 1. The van der Waals surface area contributed by atoms with E-state index in [2.05, 4.69) is 11.9 Å². The SMILES string of the molecule is CC[C@@H](C)Oc1ccc2[nH]c(C)c(C(C)=O)c2c1. The van der Waals surface area contributed by atoms with Crippen LogP contribution in [0.1, 0.15) is 43.2 Å². The van der Waals surface area contributed by atoms with E-state index < -0.39 is 0 Å². The standard InChI is InChI=1S/C15H19NO2/c1-5-9(2)18-12-6-7-14-13(8-12)15(11(4)17)10(3)16-14/h6-9,16H,5H2,1-4H3/t9-/m1/s1. The molecule has 1 aromatic heterocycles. The van der Waals surface area contributed by atoms with Crippen molar-refractivity contribution in [2.24, 2.45) is 0 Å². The number of ketones is 1. The lowest BCUT2D eigenvalue weighted by molar-refractivity contribution is 0.101. The minimum Gasteiger partial charge on any atom is -0.491 e. The first kappa shape index (κ1) is 12.7. The number of fused-ring (bicyclic) bond motifs is 1. The van der Waals surface area contributed by atoms with Gasteiger partial charge >= 0.3 is 0 Å². The third-order valence-electron chi connectivity index (χ3n) is 3.22. The van der Waals surface area contributed by atoms with E-state index in [-0.39, 0.29) is 11.9 Å². The molecular weight excluding hydrogens is 226 g/mol. The van der Waals surface area contributed by atoms with E-state index in [0.717, 1.165) is 34.3 Å². The topological polar surface area (TPSA) is 42.1 Å². The summed E-state index contributed by atoms with van der Waals surface area (Å²) in [6.07, 6.45) is 1.15. The largest absolute Gasteiger partial charge is 0.491 e. The highest BCUT2D eigenvalue weighted by Gasteiger charge is 2.13. The van der Waals surface area contributed by atoms with Crippen LogP contribution in [0.2, 0.25) is 0 Å². The van der Waals surface area contributed by atoms with Gasteiger partial charge in [0, 0.05) is 22.2 Å². The first-order chi connectivity index (χ1) is 8.52. The van der Waals surface area contributed by atoms with Gasteiger partial charge in [0.2, 0.25) is 0 Å². The highest BCUT2D eigenvalue weighted by Crippen LogP contribution is 2.27. The molecule has 0 radical (unpaired) electrons. The van der Waals surface area contributed by atoms with Gasteiger partial charge in [-0.2, -0.15) is 0 Å². The van der Waals surface area contributed by atoms with Gasteiger partial charge < -0.3 is 9.72 Å². The molecule has 18 heavy (non-hydrogen) atoms. The van der Waals surface area contributed by atoms with Crippen molar-refractivity contribution >= 4 is 16.7 Å². The summed E-state index contributed by atoms with van der Waals surface area (Å²) in [6.45, 7) is 7.65. The molecule has 3 nitrogen and oxygen atoms in total. The third kappa shape index (κ3) is 2.26. The second kappa shape index (κ2) is 4.84. The molecule has 0 saturated heterocycles. The second-order valence-electron chi connectivity index (χ2n) is 4.73. The molecule has 3 heteroatoms. The van der Waals surface area contributed by atoms with E-state index in [4.69, 9.17) is 4.74 Å². The molecular formula is C15H19NO2. The van der Waals surface area contributed by atoms with Gasteiger partial charge in [-0.1, -0.05) is 6.92 Å². The number of ether oxygens (including phenoxy) is 1. The first-order valence-corrected chi connectivity index (χ1v) is 6.32. The molecule has 0 spiro atoms. The Balaban J connectivity index is 2.49. The van der Waals surface area contributed by atoms with Crippen LogP contribution in [0.15, 0.2) is 18.2 Å². The van der Waals surface area contributed by atoms with Gasteiger partial charge in [-0.3, -0.25) is 4.79 Å². The maximum absolute atomic E-state index is 11.7. The lowest BCUT2D eigenvalue weighted by Gasteiger charge is -2.12. The second-order valence-corrected chi connectivity index (χ2v) is 4.73. The van der Waals surface area contributed by atoms with E-state index in [9.17, 15) is 4.79 Å². The average Bonchev–Trinajstić information content (AvgIpc) is 2.64. The van der Waals surface area contributed by atoms with Gasteiger partial charge in [0.25, 0.3) is 0 Å². The number of aromatic amines is 1. The van der Waals surface area contributed by atoms with Gasteiger partial charge in [-0.25, -0.2) is 0 Å². The smallest absolute Gasteiger partial charge is 0.162 e. The van der Waals surface area contributed by atoms with Crippen LogP contribution in [0, 0.1) is 6.92 Å². The van der Waals surface area contributed by atoms with Crippen LogP contribution < -0.4 is 4.74 Å². The van der Waals surface area contributed by atoms with Gasteiger partial charge in [-0.05, 0) is 45.4 Å². The maximum Gasteiger partial charge on any atom is 0.162 e. The van der Waals surface area contributed by atoms with Crippen molar-refractivity contribution in [3.8, 4) is 5.75 Å². The molecule has 2 aromatic rings. The van der Waals surface area contributed by atoms with Crippen molar-refractivity contribution in [2.75, 3.05) is 0 Å². The lowest BCUT2D eigenvalue weighted by atomic mass is 10.1. The highest BCUT2D eigenvalue weighted by molar-refractivity contribution is 6.08. The van der Waals surface area contributed by atoms with Gasteiger partial charge in [-0.15, -0.1) is 0 Å². The number of hydrogen-bond donors (Lipinski definition) is 1. The number of carbonyl (C=O) groups is 1. The lowest BCUT2D eigenvalue weighted by Crippen LogP contribution is -2.09. The molecule has 2 rings (SSSR count). The zero-order valence-electron chi connectivity index (χ0n) is 11.3. The molecule has 0 aliphatic carbocycles. The van der Waals surface area contributed by atoms with Crippen LogP contribution in [0.4, 0.5) is 0 Å². The Morgan fingerprint density at radius 3 is 2.78 bits per heavy atom. The summed E-state index contributed by atoms with van der Waals surface area (Å²) >= 11 is 0. The fraction of sp³-hybridized carbons (Fsp3) is 0.400. The molecule has 1 atom stereocenters. The molecule has 0 aliphatic heterocycles. The fourth-order valence-electron chi connectivity index (χ4n) is 2.15.